The molecule has 1 N–H and O–H groups in total. The molecule has 28 heavy (non-hydrogen) atoms. The van der Waals surface area contributed by atoms with Gasteiger partial charge >= 0.3 is 0 Å². The molecule has 0 radical (unpaired) electrons. The molecule has 1 aliphatic rings. The third-order valence-corrected chi connectivity index (χ3v) is 4.73. The first-order chi connectivity index (χ1) is 13.6. The number of amides is 2. The zero-order valence-corrected chi connectivity index (χ0v) is 16.4. The van der Waals surface area contributed by atoms with E-state index in [0.717, 1.165) is 17.7 Å². The van der Waals surface area contributed by atoms with Gasteiger partial charge in [-0.15, -0.1) is 0 Å². The normalized spacial score (nSPS) is 13.5. The molecule has 1 fully saturated rings. The highest BCUT2D eigenvalue weighted by atomic mass is 16.5. The number of para-hydroxylation sites is 1. The third kappa shape index (κ3) is 4.82. The Balaban J connectivity index is 1.53. The summed E-state index contributed by atoms with van der Waals surface area (Å²) in [4.78, 5) is 26.0. The molecule has 0 saturated carbocycles. The van der Waals surface area contributed by atoms with Crippen LogP contribution >= 0.6 is 0 Å². The highest BCUT2D eigenvalue weighted by molar-refractivity contribution is 5.98. The summed E-state index contributed by atoms with van der Waals surface area (Å²) in [5, 5.41) is 2.89. The summed E-state index contributed by atoms with van der Waals surface area (Å²) in [5.74, 6) is 1.46. The van der Waals surface area contributed by atoms with Crippen LogP contribution in [0, 0.1) is 6.92 Å². The predicted octanol–water partition coefficient (Wildman–Crippen LogP) is 3.93. The van der Waals surface area contributed by atoms with Gasteiger partial charge in [0.15, 0.2) is 0 Å². The van der Waals surface area contributed by atoms with Crippen molar-refractivity contribution in [3.05, 3.63) is 48.0 Å². The quantitative estimate of drug-likeness (QED) is 0.703. The molecule has 2 aromatic carbocycles. The summed E-state index contributed by atoms with van der Waals surface area (Å²) in [6.45, 7) is 3.14. The fourth-order valence-electron chi connectivity index (χ4n) is 3.24. The topological polar surface area (TPSA) is 67.9 Å². The largest absolute Gasteiger partial charge is 0.495 e. The van der Waals surface area contributed by atoms with Gasteiger partial charge in [-0.05, 0) is 49.6 Å². The van der Waals surface area contributed by atoms with Crippen LogP contribution in [0.1, 0.15) is 31.2 Å². The summed E-state index contributed by atoms with van der Waals surface area (Å²) < 4.78 is 11.1. The molecule has 148 valence electrons. The van der Waals surface area contributed by atoms with Crippen molar-refractivity contribution in [3.63, 3.8) is 0 Å². The molecule has 0 bridgehead atoms. The van der Waals surface area contributed by atoms with Gasteiger partial charge < -0.3 is 19.7 Å². The molecule has 1 heterocycles. The minimum atomic E-state index is -0.0859. The van der Waals surface area contributed by atoms with Crippen molar-refractivity contribution in [1.29, 1.82) is 0 Å². The number of ether oxygens (including phenoxy) is 2. The number of carbonyl (C=O) groups excluding carboxylic acids is 2. The molecule has 0 atom stereocenters. The lowest BCUT2D eigenvalue weighted by molar-refractivity contribution is -0.117. The zero-order valence-electron chi connectivity index (χ0n) is 16.4. The Bertz CT molecular complexity index is 850. The SMILES string of the molecule is COc1ccc(NC(=O)CCCOc2ccccc2C)cc1N1CCCC1=O. The molecule has 1 aliphatic heterocycles. The summed E-state index contributed by atoms with van der Waals surface area (Å²) in [6, 6.07) is 13.2. The molecule has 3 rings (SSSR count). The Hall–Kier alpha value is -3.02. The van der Waals surface area contributed by atoms with Crippen LogP contribution in [0.25, 0.3) is 0 Å². The van der Waals surface area contributed by atoms with Crippen LogP contribution in [0.15, 0.2) is 42.5 Å². The lowest BCUT2D eigenvalue weighted by atomic mass is 10.2. The van der Waals surface area contributed by atoms with Crippen LogP contribution in [-0.4, -0.2) is 32.1 Å². The van der Waals surface area contributed by atoms with Gasteiger partial charge in [0.1, 0.15) is 11.5 Å². The average Bonchev–Trinajstić information content (AvgIpc) is 3.12. The van der Waals surface area contributed by atoms with Crippen LogP contribution < -0.4 is 19.7 Å². The van der Waals surface area contributed by atoms with Gasteiger partial charge in [-0.25, -0.2) is 0 Å². The monoisotopic (exact) mass is 382 g/mol. The number of hydrogen-bond acceptors (Lipinski definition) is 4. The first-order valence-electron chi connectivity index (χ1n) is 9.55. The smallest absolute Gasteiger partial charge is 0.227 e. The fraction of sp³-hybridized carbons (Fsp3) is 0.364. The molecule has 6 heteroatoms. The molecule has 2 amide bonds. The van der Waals surface area contributed by atoms with E-state index in [1.54, 1.807) is 30.2 Å². The number of benzene rings is 2. The predicted molar refractivity (Wildman–Crippen MR) is 109 cm³/mol. The number of aryl methyl sites for hydroxylation is 1. The first-order valence-corrected chi connectivity index (χ1v) is 9.55. The maximum absolute atomic E-state index is 12.3. The maximum Gasteiger partial charge on any atom is 0.227 e. The van der Waals surface area contributed by atoms with E-state index in [-0.39, 0.29) is 11.8 Å². The summed E-state index contributed by atoms with van der Waals surface area (Å²) in [7, 11) is 1.58. The molecular weight excluding hydrogens is 356 g/mol. The van der Waals surface area contributed by atoms with Gasteiger partial charge in [-0.2, -0.15) is 0 Å². The number of methoxy groups -OCH3 is 1. The second kappa shape index (κ2) is 9.26. The van der Waals surface area contributed by atoms with Crippen LogP contribution in [0.4, 0.5) is 11.4 Å². The van der Waals surface area contributed by atoms with Crippen molar-refractivity contribution in [2.24, 2.45) is 0 Å². The van der Waals surface area contributed by atoms with Gasteiger partial charge in [0, 0.05) is 25.1 Å². The van der Waals surface area contributed by atoms with E-state index < -0.39 is 0 Å². The second-order valence-corrected chi connectivity index (χ2v) is 6.80. The summed E-state index contributed by atoms with van der Waals surface area (Å²) in [6.07, 6.45) is 2.35. The first kappa shape index (κ1) is 19.7. The molecule has 0 aromatic heterocycles. The lowest BCUT2D eigenvalue weighted by Crippen LogP contribution is -2.24. The molecular formula is C22H26N2O4. The van der Waals surface area contributed by atoms with Gasteiger partial charge in [-0.3, -0.25) is 9.59 Å². The van der Waals surface area contributed by atoms with Crippen molar-refractivity contribution < 1.29 is 19.1 Å². The van der Waals surface area contributed by atoms with Crippen LogP contribution in [-0.2, 0) is 9.59 Å². The van der Waals surface area contributed by atoms with Crippen LogP contribution in [0.5, 0.6) is 11.5 Å². The number of anilines is 2. The van der Waals surface area contributed by atoms with E-state index in [1.165, 1.54) is 0 Å². The second-order valence-electron chi connectivity index (χ2n) is 6.80. The Morgan fingerprint density at radius 1 is 1.18 bits per heavy atom. The Morgan fingerprint density at radius 3 is 2.71 bits per heavy atom. The molecule has 2 aromatic rings. The Kier molecular flexibility index (Phi) is 6.53. The molecule has 1 saturated heterocycles. The van der Waals surface area contributed by atoms with Gasteiger partial charge in [-0.1, -0.05) is 18.2 Å². The minimum Gasteiger partial charge on any atom is -0.495 e. The van der Waals surface area contributed by atoms with E-state index in [4.69, 9.17) is 9.47 Å². The lowest BCUT2D eigenvalue weighted by Gasteiger charge is -2.20. The van der Waals surface area contributed by atoms with Gasteiger partial charge in [0.05, 0.1) is 19.4 Å². The Morgan fingerprint density at radius 2 is 2.00 bits per heavy atom. The number of rotatable bonds is 8. The fourth-order valence-corrected chi connectivity index (χ4v) is 3.24. The summed E-state index contributed by atoms with van der Waals surface area (Å²) >= 11 is 0. The van der Waals surface area contributed by atoms with E-state index in [9.17, 15) is 9.59 Å². The van der Waals surface area contributed by atoms with Crippen molar-refractivity contribution in [2.45, 2.75) is 32.6 Å². The number of nitrogens with one attached hydrogen (secondary N) is 1. The van der Waals surface area contributed by atoms with Crippen LogP contribution in [0.3, 0.4) is 0 Å². The zero-order chi connectivity index (χ0) is 19.9. The molecule has 6 nitrogen and oxygen atoms in total. The number of hydrogen-bond donors (Lipinski definition) is 1. The van der Waals surface area contributed by atoms with E-state index in [2.05, 4.69) is 5.32 Å². The van der Waals surface area contributed by atoms with E-state index in [1.807, 2.05) is 31.2 Å². The maximum atomic E-state index is 12.3. The van der Waals surface area contributed by atoms with E-state index >= 15 is 0 Å². The van der Waals surface area contributed by atoms with Crippen molar-refractivity contribution in [3.8, 4) is 11.5 Å². The van der Waals surface area contributed by atoms with E-state index in [0.29, 0.717) is 49.5 Å². The molecule has 0 spiro atoms. The van der Waals surface area contributed by atoms with Crippen LogP contribution in [0.2, 0.25) is 0 Å². The minimum absolute atomic E-state index is 0.0788. The van der Waals surface area contributed by atoms with Crippen molar-refractivity contribution >= 4 is 23.2 Å². The highest BCUT2D eigenvalue weighted by Gasteiger charge is 2.24. The number of nitrogens with zero attached hydrogens (tertiary/aromatic N) is 1. The third-order valence-electron chi connectivity index (χ3n) is 4.73. The van der Waals surface area contributed by atoms with Crippen molar-refractivity contribution in [2.75, 3.05) is 30.5 Å². The van der Waals surface area contributed by atoms with Gasteiger partial charge in [0.2, 0.25) is 11.8 Å². The Labute approximate surface area is 165 Å². The summed E-state index contributed by atoms with van der Waals surface area (Å²) in [5.41, 5.74) is 2.43. The average molecular weight is 382 g/mol. The number of carbonyl (C=O) groups is 2. The van der Waals surface area contributed by atoms with Gasteiger partial charge in [0.25, 0.3) is 0 Å². The molecule has 0 aliphatic carbocycles. The highest BCUT2D eigenvalue weighted by Crippen LogP contribution is 2.34. The van der Waals surface area contributed by atoms with Crippen molar-refractivity contribution in [1.82, 2.24) is 0 Å². The standard InChI is InChI=1S/C22H26N2O4/c1-16-7-3-4-8-19(16)28-14-6-9-21(25)23-17-11-12-20(27-2)18(15-17)24-13-5-10-22(24)26/h3-4,7-8,11-12,15H,5-6,9-10,13-14H2,1-2H3,(H,23,25). The molecule has 0 unspecified atom stereocenters.